The number of hydrogen-bond acceptors (Lipinski definition) is 3. The molecule has 0 radical (unpaired) electrons. The summed E-state index contributed by atoms with van der Waals surface area (Å²) in [5, 5.41) is 6.50. The molecule has 0 bridgehead atoms. The van der Waals surface area contributed by atoms with Gasteiger partial charge in [0.2, 0.25) is 5.91 Å². The molecule has 2 saturated heterocycles. The number of amides is 1. The first kappa shape index (κ1) is 20.4. The van der Waals surface area contributed by atoms with Crippen molar-refractivity contribution in [3.05, 3.63) is 29.8 Å². The molecule has 154 valence electrons. The minimum atomic E-state index is -0.540. The Hall–Kier alpha value is -2.38. The molecule has 0 aliphatic carbocycles. The Labute approximate surface area is 165 Å². The molecule has 0 aromatic heterocycles. The number of carbonyl (C=O) groups is 1. The molecule has 1 amide bonds. The summed E-state index contributed by atoms with van der Waals surface area (Å²) in [6.07, 6.45) is 3.32. The highest BCUT2D eigenvalue weighted by Gasteiger charge is 2.27. The number of anilines is 1. The van der Waals surface area contributed by atoms with E-state index < -0.39 is 11.6 Å². The molecule has 1 aromatic rings. The number of rotatable bonds is 6. The molecule has 1 atom stereocenters. The SMILES string of the molecule is CCNC(=NCCC(=O)N1CCCC1)NC1CCN(c2c(F)cccc2F)C1. The van der Waals surface area contributed by atoms with Crippen LogP contribution >= 0.6 is 0 Å². The molecule has 2 N–H and O–H groups in total. The fourth-order valence-electron chi connectivity index (χ4n) is 3.77. The van der Waals surface area contributed by atoms with E-state index in [2.05, 4.69) is 15.6 Å². The normalized spacial score (nSPS) is 20.0. The molecule has 28 heavy (non-hydrogen) atoms. The highest BCUT2D eigenvalue weighted by molar-refractivity contribution is 5.81. The third-order valence-electron chi connectivity index (χ3n) is 5.18. The molecule has 1 unspecified atom stereocenters. The van der Waals surface area contributed by atoms with Crippen LogP contribution in [0.15, 0.2) is 23.2 Å². The first-order valence-corrected chi connectivity index (χ1v) is 10.1. The van der Waals surface area contributed by atoms with Crippen molar-refractivity contribution in [1.82, 2.24) is 15.5 Å². The summed E-state index contributed by atoms with van der Waals surface area (Å²) in [7, 11) is 0. The predicted octanol–water partition coefficient (Wildman–Crippen LogP) is 2.11. The maximum atomic E-state index is 14.0. The van der Waals surface area contributed by atoms with Crippen LogP contribution in [0.3, 0.4) is 0 Å². The van der Waals surface area contributed by atoms with E-state index in [-0.39, 0.29) is 17.6 Å². The third kappa shape index (κ3) is 5.11. The second kappa shape index (κ2) is 9.71. The van der Waals surface area contributed by atoms with Gasteiger partial charge in [-0.05, 0) is 38.3 Å². The zero-order chi connectivity index (χ0) is 19.9. The number of nitrogens with zero attached hydrogens (tertiary/aromatic N) is 3. The van der Waals surface area contributed by atoms with Crippen LogP contribution in [0.2, 0.25) is 0 Å². The van der Waals surface area contributed by atoms with Gasteiger partial charge in [-0.3, -0.25) is 9.79 Å². The second-order valence-corrected chi connectivity index (χ2v) is 7.24. The zero-order valence-corrected chi connectivity index (χ0v) is 16.4. The molecule has 0 spiro atoms. The van der Waals surface area contributed by atoms with Gasteiger partial charge in [-0.2, -0.15) is 0 Å². The predicted molar refractivity (Wildman–Crippen MR) is 107 cm³/mol. The van der Waals surface area contributed by atoms with E-state index in [9.17, 15) is 13.6 Å². The largest absolute Gasteiger partial charge is 0.365 e. The van der Waals surface area contributed by atoms with Crippen molar-refractivity contribution in [3.63, 3.8) is 0 Å². The maximum absolute atomic E-state index is 14.0. The van der Waals surface area contributed by atoms with E-state index >= 15 is 0 Å². The van der Waals surface area contributed by atoms with Gasteiger partial charge in [0.05, 0.1) is 6.54 Å². The summed E-state index contributed by atoms with van der Waals surface area (Å²) in [5.41, 5.74) is 0.0324. The van der Waals surface area contributed by atoms with Crippen molar-refractivity contribution in [2.75, 3.05) is 44.2 Å². The van der Waals surface area contributed by atoms with Crippen molar-refractivity contribution in [1.29, 1.82) is 0 Å². The number of benzene rings is 1. The summed E-state index contributed by atoms with van der Waals surface area (Å²) in [6.45, 7) is 5.86. The van der Waals surface area contributed by atoms with Crippen LogP contribution in [0.4, 0.5) is 14.5 Å². The fourth-order valence-corrected chi connectivity index (χ4v) is 3.77. The lowest BCUT2D eigenvalue weighted by molar-refractivity contribution is -0.129. The van der Waals surface area contributed by atoms with Crippen LogP contribution in [0.5, 0.6) is 0 Å². The van der Waals surface area contributed by atoms with Gasteiger partial charge in [0, 0.05) is 45.2 Å². The monoisotopic (exact) mass is 393 g/mol. The van der Waals surface area contributed by atoms with Gasteiger partial charge < -0.3 is 20.4 Å². The summed E-state index contributed by atoms with van der Waals surface area (Å²) < 4.78 is 28.0. The number of hydrogen-bond donors (Lipinski definition) is 2. The van der Waals surface area contributed by atoms with Crippen LogP contribution in [0.1, 0.15) is 32.6 Å². The first-order chi connectivity index (χ1) is 13.6. The van der Waals surface area contributed by atoms with E-state index in [0.29, 0.717) is 38.6 Å². The van der Waals surface area contributed by atoms with Crippen LogP contribution in [0, 0.1) is 11.6 Å². The highest BCUT2D eigenvalue weighted by atomic mass is 19.1. The van der Waals surface area contributed by atoms with Crippen molar-refractivity contribution in [2.24, 2.45) is 4.99 Å². The lowest BCUT2D eigenvalue weighted by atomic mass is 10.2. The molecule has 2 aliphatic rings. The van der Waals surface area contributed by atoms with Crippen molar-refractivity contribution in [2.45, 2.75) is 38.6 Å². The molecule has 3 rings (SSSR count). The number of nitrogens with one attached hydrogen (secondary N) is 2. The van der Waals surface area contributed by atoms with E-state index in [1.165, 1.54) is 18.2 Å². The number of carbonyl (C=O) groups excluding carboxylic acids is 1. The number of guanidine groups is 1. The molecule has 6 nitrogen and oxygen atoms in total. The molecule has 2 heterocycles. The summed E-state index contributed by atoms with van der Waals surface area (Å²) in [5.74, 6) is -0.292. The lowest BCUT2D eigenvalue weighted by Gasteiger charge is -2.21. The van der Waals surface area contributed by atoms with Crippen molar-refractivity contribution >= 4 is 17.6 Å². The van der Waals surface area contributed by atoms with Crippen LogP contribution < -0.4 is 15.5 Å². The number of para-hydroxylation sites is 1. The van der Waals surface area contributed by atoms with Gasteiger partial charge in [0.1, 0.15) is 17.3 Å². The topological polar surface area (TPSA) is 60.0 Å². The molecule has 0 saturated carbocycles. The van der Waals surface area contributed by atoms with Crippen LogP contribution in [0.25, 0.3) is 0 Å². The Morgan fingerprint density at radius 1 is 1.21 bits per heavy atom. The number of halogens is 2. The van der Waals surface area contributed by atoms with E-state index in [1.807, 2.05) is 11.8 Å². The summed E-state index contributed by atoms with van der Waals surface area (Å²) in [4.78, 5) is 20.3. The van der Waals surface area contributed by atoms with Gasteiger partial charge in [0.15, 0.2) is 5.96 Å². The average Bonchev–Trinajstić information content (AvgIpc) is 3.34. The standard InChI is InChI=1S/C20H29F2N5O/c1-2-23-20(24-10-8-18(28)26-11-3-4-12-26)25-15-9-13-27(14-15)19-16(21)6-5-7-17(19)22/h5-7,15H,2-4,8-14H2,1H3,(H2,23,24,25). The Balaban J connectivity index is 1.53. The van der Waals surface area contributed by atoms with E-state index in [4.69, 9.17) is 0 Å². The quantitative estimate of drug-likeness (QED) is 0.574. The lowest BCUT2D eigenvalue weighted by Crippen LogP contribution is -2.45. The summed E-state index contributed by atoms with van der Waals surface area (Å²) >= 11 is 0. The van der Waals surface area contributed by atoms with Crippen molar-refractivity contribution < 1.29 is 13.6 Å². The highest BCUT2D eigenvalue weighted by Crippen LogP contribution is 2.26. The Morgan fingerprint density at radius 2 is 1.93 bits per heavy atom. The fraction of sp³-hybridized carbons (Fsp3) is 0.600. The van der Waals surface area contributed by atoms with Gasteiger partial charge in [-0.15, -0.1) is 0 Å². The molecule has 1 aromatic carbocycles. The Kier molecular flexibility index (Phi) is 7.06. The molecular weight excluding hydrogens is 364 g/mol. The number of likely N-dealkylation sites (tertiary alicyclic amines) is 1. The first-order valence-electron chi connectivity index (χ1n) is 10.1. The van der Waals surface area contributed by atoms with Gasteiger partial charge in [-0.1, -0.05) is 6.07 Å². The van der Waals surface area contributed by atoms with Gasteiger partial charge >= 0.3 is 0 Å². The molecule has 2 fully saturated rings. The average molecular weight is 393 g/mol. The van der Waals surface area contributed by atoms with E-state index in [1.54, 1.807) is 4.90 Å². The van der Waals surface area contributed by atoms with Gasteiger partial charge in [0.25, 0.3) is 0 Å². The molecule has 2 aliphatic heterocycles. The third-order valence-corrected chi connectivity index (χ3v) is 5.18. The van der Waals surface area contributed by atoms with Crippen LogP contribution in [-0.4, -0.2) is 62.1 Å². The molecule has 8 heteroatoms. The minimum absolute atomic E-state index is 0.0324. The zero-order valence-electron chi connectivity index (χ0n) is 16.4. The second-order valence-electron chi connectivity index (χ2n) is 7.24. The Bertz CT molecular complexity index is 686. The Morgan fingerprint density at radius 3 is 2.61 bits per heavy atom. The smallest absolute Gasteiger partial charge is 0.224 e. The van der Waals surface area contributed by atoms with E-state index in [0.717, 1.165) is 32.4 Å². The minimum Gasteiger partial charge on any atom is -0.365 e. The van der Waals surface area contributed by atoms with Crippen molar-refractivity contribution in [3.8, 4) is 0 Å². The molecular formula is C20H29F2N5O. The summed E-state index contributed by atoms with van der Waals surface area (Å²) in [6, 6.07) is 3.97. The number of aliphatic imine (C=N–C) groups is 1. The maximum Gasteiger partial charge on any atom is 0.224 e. The van der Waals surface area contributed by atoms with Crippen LogP contribution in [-0.2, 0) is 4.79 Å². The van der Waals surface area contributed by atoms with Gasteiger partial charge in [-0.25, -0.2) is 8.78 Å².